The van der Waals surface area contributed by atoms with Crippen molar-refractivity contribution in [3.05, 3.63) is 29.8 Å². The molecule has 1 aliphatic heterocycles. The third kappa shape index (κ3) is 4.02. The summed E-state index contributed by atoms with van der Waals surface area (Å²) in [6.45, 7) is 2.45. The van der Waals surface area contributed by atoms with E-state index in [0.29, 0.717) is 6.10 Å². The minimum Gasteiger partial charge on any atom is -0.399 e. The highest BCUT2D eigenvalue weighted by molar-refractivity contribution is 5.46. The van der Waals surface area contributed by atoms with Gasteiger partial charge in [-0.1, -0.05) is 18.2 Å². The molecule has 1 atom stereocenters. The summed E-state index contributed by atoms with van der Waals surface area (Å²) in [4.78, 5) is 0. The summed E-state index contributed by atoms with van der Waals surface area (Å²) in [5, 5.41) is 0. The number of hydrogen-bond acceptors (Lipinski definition) is 3. The van der Waals surface area contributed by atoms with Crippen molar-refractivity contribution in [2.45, 2.75) is 31.8 Å². The van der Waals surface area contributed by atoms with Crippen LogP contribution in [0, 0.1) is 0 Å². The Hall–Kier alpha value is -1.06. The second-order valence-corrected chi connectivity index (χ2v) is 4.48. The van der Waals surface area contributed by atoms with Gasteiger partial charge in [-0.05, 0) is 37.3 Å². The van der Waals surface area contributed by atoms with Gasteiger partial charge in [-0.2, -0.15) is 0 Å². The Kier molecular flexibility index (Phi) is 4.83. The fraction of sp³-hybridized carbons (Fsp3) is 0.571. The van der Waals surface area contributed by atoms with Crippen molar-refractivity contribution in [1.82, 2.24) is 0 Å². The standard InChI is InChI=1S/C14H21NO2/c15-14-6-2-1-4-12(14)7-10-16-11-8-13-5-3-9-17-13/h1-2,4,6,13H,3,5,7-11,15H2. The van der Waals surface area contributed by atoms with E-state index in [1.54, 1.807) is 0 Å². The second-order valence-electron chi connectivity index (χ2n) is 4.48. The van der Waals surface area contributed by atoms with Gasteiger partial charge in [-0.25, -0.2) is 0 Å². The van der Waals surface area contributed by atoms with Crippen molar-refractivity contribution in [3.63, 3.8) is 0 Å². The third-order valence-corrected chi connectivity index (χ3v) is 3.18. The fourth-order valence-corrected chi connectivity index (χ4v) is 2.13. The Morgan fingerprint density at radius 3 is 2.94 bits per heavy atom. The lowest BCUT2D eigenvalue weighted by atomic mass is 10.1. The molecule has 94 valence electrons. The van der Waals surface area contributed by atoms with Gasteiger partial charge in [0.15, 0.2) is 0 Å². The topological polar surface area (TPSA) is 44.5 Å². The van der Waals surface area contributed by atoms with Crippen molar-refractivity contribution in [3.8, 4) is 0 Å². The summed E-state index contributed by atoms with van der Waals surface area (Å²) in [7, 11) is 0. The van der Waals surface area contributed by atoms with E-state index in [-0.39, 0.29) is 0 Å². The van der Waals surface area contributed by atoms with Gasteiger partial charge in [-0.15, -0.1) is 0 Å². The minimum atomic E-state index is 0.428. The van der Waals surface area contributed by atoms with Crippen LogP contribution in [-0.4, -0.2) is 25.9 Å². The van der Waals surface area contributed by atoms with Gasteiger partial charge >= 0.3 is 0 Å². The van der Waals surface area contributed by atoms with Crippen LogP contribution in [0.1, 0.15) is 24.8 Å². The predicted octanol–water partition coefficient (Wildman–Crippen LogP) is 2.40. The maximum Gasteiger partial charge on any atom is 0.0597 e. The van der Waals surface area contributed by atoms with E-state index < -0.39 is 0 Å². The molecule has 2 N–H and O–H groups in total. The molecule has 1 aromatic rings. The first kappa shape index (κ1) is 12.4. The predicted molar refractivity (Wildman–Crippen MR) is 69.0 cm³/mol. The lowest BCUT2D eigenvalue weighted by molar-refractivity contribution is 0.0603. The van der Waals surface area contributed by atoms with Crippen LogP contribution in [-0.2, 0) is 15.9 Å². The number of benzene rings is 1. The molecule has 0 bridgehead atoms. The summed E-state index contributed by atoms with van der Waals surface area (Å²) < 4.78 is 11.2. The molecule has 0 aliphatic carbocycles. The highest BCUT2D eigenvalue weighted by atomic mass is 16.5. The van der Waals surface area contributed by atoms with Crippen LogP contribution in [0.25, 0.3) is 0 Å². The zero-order valence-corrected chi connectivity index (χ0v) is 10.2. The maximum atomic E-state index is 5.86. The number of rotatable bonds is 6. The lowest BCUT2D eigenvalue weighted by Crippen LogP contribution is -2.10. The van der Waals surface area contributed by atoms with Gasteiger partial charge < -0.3 is 15.2 Å². The first-order valence-electron chi connectivity index (χ1n) is 6.39. The van der Waals surface area contributed by atoms with E-state index in [1.165, 1.54) is 18.4 Å². The molecule has 0 saturated carbocycles. The summed E-state index contributed by atoms with van der Waals surface area (Å²) in [6.07, 6.45) is 4.72. The molecule has 1 unspecified atom stereocenters. The molecule has 1 heterocycles. The molecule has 0 radical (unpaired) electrons. The van der Waals surface area contributed by atoms with E-state index in [2.05, 4.69) is 6.07 Å². The van der Waals surface area contributed by atoms with Gasteiger partial charge in [0, 0.05) is 18.9 Å². The van der Waals surface area contributed by atoms with Gasteiger partial charge in [0.1, 0.15) is 0 Å². The number of nitrogens with two attached hydrogens (primary N) is 1. The average molecular weight is 235 g/mol. The zero-order valence-electron chi connectivity index (χ0n) is 10.2. The SMILES string of the molecule is Nc1ccccc1CCOCCC1CCCO1. The zero-order chi connectivity index (χ0) is 11.9. The fourth-order valence-electron chi connectivity index (χ4n) is 2.13. The molecule has 1 aliphatic rings. The van der Waals surface area contributed by atoms with Gasteiger partial charge in [0.2, 0.25) is 0 Å². The van der Waals surface area contributed by atoms with E-state index in [1.807, 2.05) is 18.2 Å². The summed E-state index contributed by atoms with van der Waals surface area (Å²) in [5.41, 5.74) is 7.89. The number of anilines is 1. The quantitative estimate of drug-likeness (QED) is 0.608. The largest absolute Gasteiger partial charge is 0.399 e. The molecular weight excluding hydrogens is 214 g/mol. The molecular formula is C14H21NO2. The van der Waals surface area contributed by atoms with Crippen LogP contribution >= 0.6 is 0 Å². The molecule has 1 aromatic carbocycles. The van der Waals surface area contributed by atoms with Crippen molar-refractivity contribution in [2.24, 2.45) is 0 Å². The van der Waals surface area contributed by atoms with Crippen LogP contribution in [0.5, 0.6) is 0 Å². The number of nitrogen functional groups attached to an aromatic ring is 1. The van der Waals surface area contributed by atoms with Crippen LogP contribution in [0.4, 0.5) is 5.69 Å². The first-order chi connectivity index (χ1) is 8.36. The Bertz CT molecular complexity index is 335. The van der Waals surface area contributed by atoms with Gasteiger partial charge in [-0.3, -0.25) is 0 Å². The number of hydrogen-bond donors (Lipinski definition) is 1. The lowest BCUT2D eigenvalue weighted by Gasteiger charge is -2.10. The number of para-hydroxylation sites is 1. The molecule has 0 aromatic heterocycles. The van der Waals surface area contributed by atoms with Gasteiger partial charge in [0.05, 0.1) is 12.7 Å². The molecule has 1 saturated heterocycles. The Morgan fingerprint density at radius 1 is 1.29 bits per heavy atom. The monoisotopic (exact) mass is 235 g/mol. The summed E-state index contributed by atoms with van der Waals surface area (Å²) >= 11 is 0. The molecule has 3 heteroatoms. The third-order valence-electron chi connectivity index (χ3n) is 3.18. The van der Waals surface area contributed by atoms with Crippen molar-refractivity contribution in [1.29, 1.82) is 0 Å². The van der Waals surface area contributed by atoms with Crippen molar-refractivity contribution in [2.75, 3.05) is 25.6 Å². The molecule has 0 spiro atoms. The maximum absolute atomic E-state index is 5.86. The van der Waals surface area contributed by atoms with Crippen LogP contribution in [0.2, 0.25) is 0 Å². The van der Waals surface area contributed by atoms with E-state index >= 15 is 0 Å². The van der Waals surface area contributed by atoms with Crippen LogP contribution in [0.3, 0.4) is 0 Å². The first-order valence-corrected chi connectivity index (χ1v) is 6.39. The molecule has 1 fully saturated rings. The van der Waals surface area contributed by atoms with E-state index in [9.17, 15) is 0 Å². The Morgan fingerprint density at radius 2 is 2.18 bits per heavy atom. The van der Waals surface area contributed by atoms with Crippen LogP contribution in [0.15, 0.2) is 24.3 Å². The normalized spacial score (nSPS) is 19.6. The van der Waals surface area contributed by atoms with Crippen LogP contribution < -0.4 is 5.73 Å². The molecule has 0 amide bonds. The highest BCUT2D eigenvalue weighted by Gasteiger charge is 2.14. The molecule has 2 rings (SSSR count). The Labute approximate surface area is 103 Å². The summed E-state index contributed by atoms with van der Waals surface area (Å²) in [6, 6.07) is 7.95. The Balaban J connectivity index is 1.58. The van der Waals surface area contributed by atoms with Crippen molar-refractivity contribution < 1.29 is 9.47 Å². The molecule has 17 heavy (non-hydrogen) atoms. The minimum absolute atomic E-state index is 0.428. The molecule has 3 nitrogen and oxygen atoms in total. The smallest absolute Gasteiger partial charge is 0.0597 e. The van der Waals surface area contributed by atoms with Crippen molar-refractivity contribution >= 4 is 5.69 Å². The summed E-state index contributed by atoms with van der Waals surface area (Å²) in [5.74, 6) is 0. The van der Waals surface area contributed by atoms with E-state index in [0.717, 1.165) is 38.3 Å². The van der Waals surface area contributed by atoms with E-state index in [4.69, 9.17) is 15.2 Å². The highest BCUT2D eigenvalue weighted by Crippen LogP contribution is 2.15. The second kappa shape index (κ2) is 6.62. The number of ether oxygens (including phenoxy) is 2. The average Bonchev–Trinajstić information content (AvgIpc) is 2.84. The van der Waals surface area contributed by atoms with Gasteiger partial charge in [0.25, 0.3) is 0 Å².